The highest BCUT2D eigenvalue weighted by molar-refractivity contribution is 8.00. The average molecular weight is 400 g/mol. The summed E-state index contributed by atoms with van der Waals surface area (Å²) >= 11 is 7.29. The number of halogens is 1. The Morgan fingerprint density at radius 1 is 1.33 bits per heavy atom. The fourth-order valence-corrected chi connectivity index (χ4v) is 4.24. The summed E-state index contributed by atoms with van der Waals surface area (Å²) in [6.07, 6.45) is 4.23. The first-order chi connectivity index (χ1) is 13.0. The van der Waals surface area contributed by atoms with E-state index in [9.17, 15) is 10.1 Å². The van der Waals surface area contributed by atoms with Crippen molar-refractivity contribution < 1.29 is 4.79 Å². The molecule has 1 heterocycles. The minimum absolute atomic E-state index is 0.00543. The first-order valence-corrected chi connectivity index (χ1v) is 10.4. The van der Waals surface area contributed by atoms with Crippen LogP contribution in [0.4, 0.5) is 0 Å². The summed E-state index contributed by atoms with van der Waals surface area (Å²) in [4.78, 5) is 19.1. The normalized spacial score (nSPS) is 14.1. The standard InChI is InChI=1S/C21H22ClN3OS/c1-14(15-7-9-18(22)10-8-15)25(2)20(26)13-27-21-17(12-23)11-16-5-3-4-6-19(16)24-21/h7-11,14H,3-6,13H2,1-2H3. The van der Waals surface area contributed by atoms with Gasteiger partial charge in [-0.1, -0.05) is 35.5 Å². The second kappa shape index (κ2) is 8.77. The number of pyridine rings is 1. The van der Waals surface area contributed by atoms with E-state index in [0.29, 0.717) is 15.6 Å². The fourth-order valence-electron chi connectivity index (χ4n) is 3.22. The largest absolute Gasteiger partial charge is 0.338 e. The number of carbonyl (C=O) groups excluding carboxylic acids is 1. The summed E-state index contributed by atoms with van der Waals surface area (Å²) in [5.74, 6) is 0.264. The Kier molecular flexibility index (Phi) is 6.41. The molecule has 6 heteroatoms. The van der Waals surface area contributed by atoms with E-state index in [1.807, 2.05) is 37.3 Å². The summed E-state index contributed by atoms with van der Waals surface area (Å²) in [6, 6.07) is 11.7. The van der Waals surface area contributed by atoms with Gasteiger partial charge in [0.2, 0.25) is 5.91 Å². The van der Waals surface area contributed by atoms with Crippen molar-refractivity contribution in [3.05, 3.63) is 57.7 Å². The predicted octanol–water partition coefficient (Wildman–Crippen LogP) is 4.80. The van der Waals surface area contributed by atoms with Crippen molar-refractivity contribution in [2.24, 2.45) is 0 Å². The van der Waals surface area contributed by atoms with Crippen LogP contribution >= 0.6 is 23.4 Å². The molecule has 0 bridgehead atoms. The van der Waals surface area contributed by atoms with Crippen LogP contribution < -0.4 is 0 Å². The Balaban J connectivity index is 1.68. The molecule has 1 aliphatic carbocycles. The van der Waals surface area contributed by atoms with E-state index in [-0.39, 0.29) is 17.7 Å². The van der Waals surface area contributed by atoms with E-state index in [4.69, 9.17) is 11.6 Å². The van der Waals surface area contributed by atoms with Crippen LogP contribution in [0, 0.1) is 11.3 Å². The van der Waals surface area contributed by atoms with E-state index in [1.165, 1.54) is 17.3 Å². The lowest BCUT2D eigenvalue weighted by molar-refractivity contribution is -0.128. The first kappa shape index (κ1) is 19.7. The molecule has 0 saturated heterocycles. The minimum atomic E-state index is -0.0534. The van der Waals surface area contributed by atoms with Crippen molar-refractivity contribution in [3.8, 4) is 6.07 Å². The van der Waals surface area contributed by atoms with Crippen LogP contribution in [0.1, 0.15) is 48.2 Å². The van der Waals surface area contributed by atoms with Crippen molar-refractivity contribution in [2.45, 2.75) is 43.7 Å². The summed E-state index contributed by atoms with van der Waals surface area (Å²) in [5.41, 5.74) is 3.87. The van der Waals surface area contributed by atoms with Gasteiger partial charge in [0.25, 0.3) is 0 Å². The van der Waals surface area contributed by atoms with E-state index in [1.54, 1.807) is 11.9 Å². The highest BCUT2D eigenvalue weighted by atomic mass is 35.5. The maximum Gasteiger partial charge on any atom is 0.233 e. The third kappa shape index (κ3) is 4.63. The minimum Gasteiger partial charge on any atom is -0.338 e. The summed E-state index contributed by atoms with van der Waals surface area (Å²) in [7, 11) is 1.80. The second-order valence-electron chi connectivity index (χ2n) is 6.79. The van der Waals surface area contributed by atoms with Crippen molar-refractivity contribution in [3.63, 3.8) is 0 Å². The van der Waals surface area contributed by atoms with E-state index >= 15 is 0 Å². The zero-order chi connectivity index (χ0) is 19.4. The smallest absolute Gasteiger partial charge is 0.233 e. The Bertz CT molecular complexity index is 876. The number of rotatable bonds is 5. The van der Waals surface area contributed by atoms with Crippen molar-refractivity contribution >= 4 is 29.3 Å². The fraction of sp³-hybridized carbons (Fsp3) is 0.381. The summed E-state index contributed by atoms with van der Waals surface area (Å²) in [5, 5.41) is 10.8. The SMILES string of the molecule is CC(c1ccc(Cl)cc1)N(C)C(=O)CSc1nc2c(cc1C#N)CCCC2. The molecule has 2 aromatic rings. The monoisotopic (exact) mass is 399 g/mol. The number of hydrogen-bond donors (Lipinski definition) is 0. The third-order valence-corrected chi connectivity index (χ3v) is 6.27. The molecule has 0 aliphatic heterocycles. The van der Waals surface area contributed by atoms with Crippen LogP contribution in [-0.4, -0.2) is 28.6 Å². The Morgan fingerprint density at radius 2 is 2.04 bits per heavy atom. The van der Waals surface area contributed by atoms with E-state index < -0.39 is 0 Å². The number of aryl methyl sites for hydroxylation is 2. The van der Waals surface area contributed by atoms with E-state index in [0.717, 1.165) is 36.9 Å². The highest BCUT2D eigenvalue weighted by Crippen LogP contribution is 2.28. The Labute approximate surface area is 169 Å². The molecular weight excluding hydrogens is 378 g/mol. The molecule has 0 fully saturated rings. The zero-order valence-electron chi connectivity index (χ0n) is 15.5. The Morgan fingerprint density at radius 3 is 2.74 bits per heavy atom. The Hall–Kier alpha value is -2.03. The maximum absolute atomic E-state index is 12.7. The number of nitrogens with zero attached hydrogens (tertiary/aromatic N) is 3. The van der Waals surface area contributed by atoms with Gasteiger partial charge in [0.15, 0.2) is 0 Å². The lowest BCUT2D eigenvalue weighted by Crippen LogP contribution is -2.31. The molecule has 0 saturated carbocycles. The van der Waals surface area contributed by atoms with Crippen molar-refractivity contribution in [2.75, 3.05) is 12.8 Å². The van der Waals surface area contributed by atoms with Crippen LogP contribution in [0.25, 0.3) is 0 Å². The number of amides is 1. The van der Waals surface area contributed by atoms with Crippen LogP contribution in [0.2, 0.25) is 5.02 Å². The molecule has 1 amide bonds. The molecular formula is C21H22ClN3OS. The molecule has 1 aromatic carbocycles. The van der Waals surface area contributed by atoms with Gasteiger partial charge >= 0.3 is 0 Å². The molecule has 0 N–H and O–H groups in total. The number of aromatic nitrogens is 1. The first-order valence-electron chi connectivity index (χ1n) is 9.06. The number of carbonyl (C=O) groups is 1. The van der Waals surface area contributed by atoms with Crippen LogP contribution in [0.3, 0.4) is 0 Å². The van der Waals surface area contributed by atoms with Crippen molar-refractivity contribution in [1.29, 1.82) is 5.26 Å². The average Bonchev–Trinajstić information content (AvgIpc) is 2.70. The molecule has 27 heavy (non-hydrogen) atoms. The summed E-state index contributed by atoms with van der Waals surface area (Å²) < 4.78 is 0. The molecule has 3 rings (SSSR count). The van der Waals surface area contributed by atoms with Crippen LogP contribution in [0.15, 0.2) is 35.4 Å². The van der Waals surface area contributed by atoms with E-state index in [2.05, 4.69) is 11.1 Å². The van der Waals surface area contributed by atoms with Crippen LogP contribution in [-0.2, 0) is 17.6 Å². The number of benzene rings is 1. The van der Waals surface area contributed by atoms with Gasteiger partial charge in [-0.15, -0.1) is 0 Å². The molecule has 140 valence electrons. The van der Waals surface area contributed by atoms with Gasteiger partial charge in [-0.25, -0.2) is 4.98 Å². The molecule has 1 aromatic heterocycles. The van der Waals surface area contributed by atoms with Crippen LogP contribution in [0.5, 0.6) is 0 Å². The quantitative estimate of drug-likeness (QED) is 0.678. The van der Waals surface area contributed by atoms with Gasteiger partial charge in [0, 0.05) is 17.8 Å². The molecule has 0 spiro atoms. The lowest BCUT2D eigenvalue weighted by Gasteiger charge is -2.25. The molecule has 0 radical (unpaired) electrons. The number of thioether (sulfide) groups is 1. The molecule has 1 atom stereocenters. The van der Waals surface area contributed by atoms with Crippen molar-refractivity contribution in [1.82, 2.24) is 9.88 Å². The van der Waals surface area contributed by atoms with Gasteiger partial charge < -0.3 is 4.90 Å². The highest BCUT2D eigenvalue weighted by Gasteiger charge is 2.20. The molecule has 1 unspecified atom stereocenters. The predicted molar refractivity (Wildman–Crippen MR) is 109 cm³/mol. The molecule has 4 nitrogen and oxygen atoms in total. The van der Waals surface area contributed by atoms with Gasteiger partial charge in [-0.3, -0.25) is 4.79 Å². The van der Waals surface area contributed by atoms with Gasteiger partial charge in [-0.2, -0.15) is 5.26 Å². The van der Waals surface area contributed by atoms with Gasteiger partial charge in [0.1, 0.15) is 11.1 Å². The third-order valence-electron chi connectivity index (χ3n) is 5.05. The molecule has 1 aliphatic rings. The maximum atomic E-state index is 12.7. The van der Waals surface area contributed by atoms with Gasteiger partial charge in [0.05, 0.1) is 17.4 Å². The van der Waals surface area contributed by atoms with Gasteiger partial charge in [-0.05, 0) is 61.9 Å². The summed E-state index contributed by atoms with van der Waals surface area (Å²) in [6.45, 7) is 1.99. The zero-order valence-corrected chi connectivity index (χ0v) is 17.1. The number of hydrogen-bond acceptors (Lipinski definition) is 4. The number of nitriles is 1. The second-order valence-corrected chi connectivity index (χ2v) is 8.19. The number of fused-ring (bicyclic) bond motifs is 1. The lowest BCUT2D eigenvalue weighted by atomic mass is 9.95. The topological polar surface area (TPSA) is 57.0 Å².